The first-order chi connectivity index (χ1) is 8.31. The van der Waals surface area contributed by atoms with Crippen molar-refractivity contribution in [3.8, 4) is 0 Å². The molecule has 0 atom stereocenters. The maximum Gasteiger partial charge on any atom is 0.0587 e. The lowest BCUT2D eigenvalue weighted by atomic mass is 10.2. The largest absolute Gasteiger partial charge is 0.383 e. The van der Waals surface area contributed by atoms with Gasteiger partial charge in [-0.3, -0.25) is 0 Å². The van der Waals surface area contributed by atoms with Gasteiger partial charge in [-0.15, -0.1) is 0 Å². The summed E-state index contributed by atoms with van der Waals surface area (Å²) in [6, 6.07) is 8.51. The summed E-state index contributed by atoms with van der Waals surface area (Å²) in [5, 5.41) is 4.63. The third kappa shape index (κ3) is 3.31. The Morgan fingerprint density at radius 3 is 3.00 bits per heavy atom. The van der Waals surface area contributed by atoms with Gasteiger partial charge in [-0.2, -0.15) is 0 Å². The van der Waals surface area contributed by atoms with Crippen molar-refractivity contribution < 1.29 is 4.74 Å². The molecule has 0 saturated heterocycles. The van der Waals surface area contributed by atoms with E-state index in [4.69, 9.17) is 4.74 Å². The molecule has 0 aliphatic carbocycles. The van der Waals surface area contributed by atoms with E-state index in [0.29, 0.717) is 0 Å². The smallest absolute Gasteiger partial charge is 0.0587 e. The van der Waals surface area contributed by atoms with Gasteiger partial charge in [0.05, 0.1) is 6.61 Å². The Morgan fingerprint density at radius 2 is 2.18 bits per heavy atom. The van der Waals surface area contributed by atoms with E-state index < -0.39 is 0 Å². The van der Waals surface area contributed by atoms with Gasteiger partial charge >= 0.3 is 0 Å². The zero-order valence-corrected chi connectivity index (χ0v) is 11.5. The van der Waals surface area contributed by atoms with Crippen molar-refractivity contribution in [3.63, 3.8) is 0 Å². The Balaban J connectivity index is 1.96. The third-order valence-corrected chi connectivity index (χ3v) is 3.24. The van der Waals surface area contributed by atoms with Crippen LogP contribution in [0.5, 0.6) is 0 Å². The molecule has 17 heavy (non-hydrogen) atoms. The molecule has 2 rings (SSSR count). The van der Waals surface area contributed by atoms with Crippen LogP contribution >= 0.6 is 15.9 Å². The van der Waals surface area contributed by atoms with Gasteiger partial charge in [0.1, 0.15) is 0 Å². The van der Waals surface area contributed by atoms with Crippen LogP contribution in [0.15, 0.2) is 34.9 Å². The summed E-state index contributed by atoms with van der Waals surface area (Å²) in [7, 11) is 1.72. The molecule has 4 heteroatoms. The van der Waals surface area contributed by atoms with Crippen LogP contribution in [0, 0.1) is 0 Å². The summed E-state index contributed by atoms with van der Waals surface area (Å²) in [6.45, 7) is 3.60. The number of fused-ring (bicyclic) bond motifs is 1. The van der Waals surface area contributed by atoms with Gasteiger partial charge in [0.2, 0.25) is 0 Å². The molecule has 2 aromatic rings. The van der Waals surface area contributed by atoms with E-state index in [0.717, 1.165) is 30.7 Å². The fraction of sp³-hybridized carbons (Fsp3) is 0.385. The quantitative estimate of drug-likeness (QED) is 0.830. The van der Waals surface area contributed by atoms with Gasteiger partial charge in [0, 0.05) is 42.9 Å². The van der Waals surface area contributed by atoms with E-state index in [2.05, 4.69) is 56.3 Å². The van der Waals surface area contributed by atoms with Gasteiger partial charge < -0.3 is 14.6 Å². The summed E-state index contributed by atoms with van der Waals surface area (Å²) in [5.41, 5.74) is 1.27. The van der Waals surface area contributed by atoms with E-state index in [1.807, 2.05) is 0 Å². The van der Waals surface area contributed by atoms with E-state index in [1.165, 1.54) is 10.9 Å². The number of halogens is 1. The second-order valence-electron chi connectivity index (χ2n) is 3.96. The molecule has 0 aliphatic rings. The normalized spacial score (nSPS) is 11.2. The molecule has 0 radical (unpaired) electrons. The standard InChI is InChI=1S/C13H17BrN2O/c1-17-9-6-15-5-8-16-7-4-11-2-3-12(14)10-13(11)16/h2-4,7,10,15H,5-6,8-9H2,1H3. The first kappa shape index (κ1) is 12.6. The molecule has 92 valence electrons. The molecule has 1 aromatic carbocycles. The second kappa shape index (κ2) is 6.19. The van der Waals surface area contributed by atoms with Crippen molar-refractivity contribution in [2.75, 3.05) is 26.8 Å². The van der Waals surface area contributed by atoms with Crippen LogP contribution in [0.4, 0.5) is 0 Å². The van der Waals surface area contributed by atoms with Gasteiger partial charge in [-0.05, 0) is 23.6 Å². The monoisotopic (exact) mass is 296 g/mol. The molecule has 0 bridgehead atoms. The zero-order valence-electron chi connectivity index (χ0n) is 9.95. The number of benzene rings is 1. The summed E-state index contributed by atoms with van der Waals surface area (Å²) >= 11 is 3.51. The van der Waals surface area contributed by atoms with Gasteiger partial charge in [0.15, 0.2) is 0 Å². The van der Waals surface area contributed by atoms with Crippen molar-refractivity contribution in [3.05, 3.63) is 34.9 Å². The van der Waals surface area contributed by atoms with Crippen molar-refractivity contribution in [2.24, 2.45) is 0 Å². The number of methoxy groups -OCH3 is 1. The van der Waals surface area contributed by atoms with Crippen molar-refractivity contribution in [1.82, 2.24) is 9.88 Å². The molecule has 0 fully saturated rings. The Bertz CT molecular complexity index is 481. The van der Waals surface area contributed by atoms with E-state index in [9.17, 15) is 0 Å². The summed E-state index contributed by atoms with van der Waals surface area (Å²) < 4.78 is 8.38. The van der Waals surface area contributed by atoms with Crippen molar-refractivity contribution in [2.45, 2.75) is 6.54 Å². The fourth-order valence-electron chi connectivity index (χ4n) is 1.85. The summed E-state index contributed by atoms with van der Waals surface area (Å²) in [6.07, 6.45) is 2.13. The van der Waals surface area contributed by atoms with Gasteiger partial charge in [-0.1, -0.05) is 22.0 Å². The van der Waals surface area contributed by atoms with E-state index in [1.54, 1.807) is 7.11 Å². The van der Waals surface area contributed by atoms with Crippen LogP contribution < -0.4 is 5.32 Å². The highest BCUT2D eigenvalue weighted by Crippen LogP contribution is 2.20. The summed E-state index contributed by atoms with van der Waals surface area (Å²) in [4.78, 5) is 0. The first-order valence-electron chi connectivity index (χ1n) is 5.75. The van der Waals surface area contributed by atoms with Crippen LogP contribution in [-0.2, 0) is 11.3 Å². The molecule has 0 saturated carbocycles. The van der Waals surface area contributed by atoms with Crippen LogP contribution in [0.1, 0.15) is 0 Å². The van der Waals surface area contributed by atoms with E-state index >= 15 is 0 Å². The Hall–Kier alpha value is -0.840. The molecular weight excluding hydrogens is 280 g/mol. The lowest BCUT2D eigenvalue weighted by molar-refractivity contribution is 0.199. The predicted octanol–water partition coefficient (Wildman–Crippen LogP) is 2.64. The molecule has 3 nitrogen and oxygen atoms in total. The second-order valence-corrected chi connectivity index (χ2v) is 4.87. The molecule has 1 aromatic heterocycles. The third-order valence-electron chi connectivity index (χ3n) is 2.75. The molecular formula is C13H17BrN2O. The first-order valence-corrected chi connectivity index (χ1v) is 6.54. The number of hydrogen-bond donors (Lipinski definition) is 1. The highest BCUT2D eigenvalue weighted by Gasteiger charge is 2.00. The molecule has 0 spiro atoms. The zero-order chi connectivity index (χ0) is 12.1. The van der Waals surface area contributed by atoms with Crippen LogP contribution in [0.25, 0.3) is 10.9 Å². The number of nitrogens with zero attached hydrogens (tertiary/aromatic N) is 1. The molecule has 1 N–H and O–H groups in total. The highest BCUT2D eigenvalue weighted by atomic mass is 79.9. The molecule has 1 heterocycles. The minimum absolute atomic E-state index is 0.762. The van der Waals surface area contributed by atoms with E-state index in [-0.39, 0.29) is 0 Å². The Labute approximate surface area is 110 Å². The maximum absolute atomic E-state index is 4.99. The Morgan fingerprint density at radius 1 is 1.29 bits per heavy atom. The average Bonchev–Trinajstić information content (AvgIpc) is 2.72. The van der Waals surface area contributed by atoms with Crippen LogP contribution in [0.3, 0.4) is 0 Å². The predicted molar refractivity (Wildman–Crippen MR) is 74.4 cm³/mol. The number of rotatable bonds is 6. The lowest BCUT2D eigenvalue weighted by Crippen LogP contribution is -2.23. The number of hydrogen-bond acceptors (Lipinski definition) is 2. The van der Waals surface area contributed by atoms with Crippen LogP contribution in [-0.4, -0.2) is 31.4 Å². The van der Waals surface area contributed by atoms with Crippen molar-refractivity contribution in [1.29, 1.82) is 0 Å². The average molecular weight is 297 g/mol. The van der Waals surface area contributed by atoms with Gasteiger partial charge in [-0.25, -0.2) is 0 Å². The number of nitrogens with one attached hydrogen (secondary N) is 1. The SMILES string of the molecule is COCCNCCn1ccc2ccc(Br)cc21. The summed E-state index contributed by atoms with van der Waals surface area (Å²) in [5.74, 6) is 0. The van der Waals surface area contributed by atoms with Gasteiger partial charge in [0.25, 0.3) is 0 Å². The number of ether oxygens (including phenoxy) is 1. The highest BCUT2D eigenvalue weighted by molar-refractivity contribution is 9.10. The fourth-order valence-corrected chi connectivity index (χ4v) is 2.20. The van der Waals surface area contributed by atoms with Crippen LogP contribution in [0.2, 0.25) is 0 Å². The topological polar surface area (TPSA) is 26.2 Å². The minimum Gasteiger partial charge on any atom is -0.383 e. The molecule has 0 aliphatic heterocycles. The number of aromatic nitrogens is 1. The molecule has 0 amide bonds. The Kier molecular flexibility index (Phi) is 4.59. The van der Waals surface area contributed by atoms with Crippen molar-refractivity contribution >= 4 is 26.8 Å². The molecule has 0 unspecified atom stereocenters. The minimum atomic E-state index is 0.762. The maximum atomic E-state index is 4.99. The lowest BCUT2D eigenvalue weighted by Gasteiger charge is -2.07.